The van der Waals surface area contributed by atoms with Crippen LogP contribution < -0.4 is 0 Å². The highest BCUT2D eigenvalue weighted by atomic mass is 16.5. The van der Waals surface area contributed by atoms with Crippen molar-refractivity contribution in [2.45, 2.75) is 96.9 Å². The third-order valence-electron chi connectivity index (χ3n) is 14.1. The third-order valence-corrected chi connectivity index (χ3v) is 14.1. The number of likely N-dealkylation sites (N-methyl/N-ethyl adjacent to an activating group) is 2. The van der Waals surface area contributed by atoms with Gasteiger partial charge in [0.1, 0.15) is 12.2 Å². The van der Waals surface area contributed by atoms with Crippen molar-refractivity contribution in [3.8, 4) is 0 Å². The van der Waals surface area contributed by atoms with E-state index in [1.165, 1.54) is 25.7 Å². The fourth-order valence-corrected chi connectivity index (χ4v) is 11.4. The minimum Gasteiger partial charge on any atom is -0.461 e. The van der Waals surface area contributed by atoms with Gasteiger partial charge in [-0.3, -0.25) is 19.4 Å². The molecule has 4 aliphatic carbocycles. The lowest BCUT2D eigenvalue weighted by atomic mass is 9.44. The van der Waals surface area contributed by atoms with Crippen LogP contribution >= 0.6 is 0 Å². The monoisotopic (exact) mass is 602 g/mol. The first-order valence-corrected chi connectivity index (χ1v) is 17.6. The van der Waals surface area contributed by atoms with Crippen molar-refractivity contribution in [2.75, 3.05) is 80.5 Å². The van der Waals surface area contributed by atoms with E-state index < -0.39 is 0 Å². The first-order valence-electron chi connectivity index (χ1n) is 17.6. The molecule has 0 spiro atoms. The molecular formula is C35H62N4O4+2. The molecule has 10 atom stereocenters. The number of ether oxygens (including phenoxy) is 2. The van der Waals surface area contributed by atoms with Crippen LogP contribution in [0, 0.1) is 34.5 Å². The number of carbonyl (C=O) groups is 2. The molecule has 6 fully saturated rings. The molecule has 0 aromatic carbocycles. The minimum atomic E-state index is -0.123. The van der Waals surface area contributed by atoms with Gasteiger partial charge < -0.3 is 18.4 Å². The van der Waals surface area contributed by atoms with Gasteiger partial charge in [0, 0.05) is 57.5 Å². The molecule has 6 rings (SSSR count). The van der Waals surface area contributed by atoms with Crippen LogP contribution in [0.25, 0.3) is 0 Å². The highest BCUT2D eigenvalue weighted by Gasteiger charge is 2.65. The van der Waals surface area contributed by atoms with Crippen molar-refractivity contribution in [2.24, 2.45) is 34.5 Å². The Bertz CT molecular complexity index is 1060. The summed E-state index contributed by atoms with van der Waals surface area (Å²) in [6.07, 6.45) is 8.22. The zero-order valence-electron chi connectivity index (χ0n) is 28.6. The van der Waals surface area contributed by atoms with Crippen LogP contribution in [-0.2, 0) is 19.1 Å². The first-order chi connectivity index (χ1) is 20.1. The standard InChI is InChI=1S/C35H62N4O4/c1-24(40)42-32-21-26-9-10-27-28(35(26,4)23-31(32)37-15-19-39(7,8)20-16-37)11-12-34(3)29(27)22-30(33(34)43-25(2)41)36-13-17-38(5,6)18-14-36/h26-33H,9-23H2,1-8H3/q+2/t26?,27-,28?,29?,30+,31+,32?,33+,34+,35+/m1/s1. The Morgan fingerprint density at radius 3 is 1.81 bits per heavy atom. The molecule has 0 amide bonds. The molecule has 8 heteroatoms. The van der Waals surface area contributed by atoms with Crippen LogP contribution in [0.5, 0.6) is 0 Å². The summed E-state index contributed by atoms with van der Waals surface area (Å²) < 4.78 is 14.6. The zero-order valence-corrected chi connectivity index (χ0v) is 28.6. The van der Waals surface area contributed by atoms with Crippen LogP contribution in [0.15, 0.2) is 0 Å². The zero-order chi connectivity index (χ0) is 30.9. The van der Waals surface area contributed by atoms with Gasteiger partial charge in [-0.15, -0.1) is 0 Å². The number of fused-ring (bicyclic) bond motifs is 5. The van der Waals surface area contributed by atoms with Gasteiger partial charge in [0.05, 0.1) is 54.4 Å². The summed E-state index contributed by atoms with van der Waals surface area (Å²) in [7, 11) is 9.36. The van der Waals surface area contributed by atoms with Crippen LogP contribution in [0.4, 0.5) is 0 Å². The van der Waals surface area contributed by atoms with Gasteiger partial charge in [-0.05, 0) is 74.0 Å². The smallest absolute Gasteiger partial charge is 0.302 e. The first kappa shape index (κ1) is 31.7. The van der Waals surface area contributed by atoms with Gasteiger partial charge in [0.25, 0.3) is 0 Å². The number of nitrogens with zero attached hydrogens (tertiary/aromatic N) is 4. The van der Waals surface area contributed by atoms with Crippen molar-refractivity contribution in [3.05, 3.63) is 0 Å². The molecule has 6 aliphatic rings. The minimum absolute atomic E-state index is 0.00234. The lowest BCUT2D eigenvalue weighted by Gasteiger charge is -2.62. The molecule has 244 valence electrons. The van der Waals surface area contributed by atoms with Gasteiger partial charge in [-0.1, -0.05) is 13.8 Å². The van der Waals surface area contributed by atoms with Gasteiger partial charge in [0.2, 0.25) is 0 Å². The number of rotatable bonds is 4. The average molecular weight is 603 g/mol. The number of hydrogen-bond donors (Lipinski definition) is 0. The summed E-state index contributed by atoms with van der Waals surface area (Å²) in [6, 6.07) is 0.656. The Morgan fingerprint density at radius 1 is 0.698 bits per heavy atom. The van der Waals surface area contributed by atoms with Crippen molar-refractivity contribution in [1.82, 2.24) is 9.80 Å². The van der Waals surface area contributed by atoms with E-state index in [0.29, 0.717) is 35.8 Å². The molecule has 2 aliphatic heterocycles. The van der Waals surface area contributed by atoms with E-state index in [0.717, 1.165) is 80.6 Å². The number of piperazine rings is 2. The van der Waals surface area contributed by atoms with Gasteiger partial charge in [-0.2, -0.15) is 0 Å². The Balaban J connectivity index is 1.26. The van der Waals surface area contributed by atoms with E-state index in [1.807, 2.05) is 0 Å². The van der Waals surface area contributed by atoms with Crippen LogP contribution in [0.2, 0.25) is 0 Å². The summed E-state index contributed by atoms with van der Waals surface area (Å²) in [6.45, 7) is 17.3. The Labute approximate surface area is 261 Å². The van der Waals surface area contributed by atoms with E-state index in [1.54, 1.807) is 13.8 Å². The summed E-state index contributed by atoms with van der Waals surface area (Å²) in [5.74, 6) is 2.35. The maximum Gasteiger partial charge on any atom is 0.302 e. The molecule has 0 aromatic rings. The normalized spacial score (nSPS) is 46.2. The number of carbonyl (C=O) groups excluding carboxylic acids is 2. The quantitative estimate of drug-likeness (QED) is 0.362. The molecule has 43 heavy (non-hydrogen) atoms. The van der Waals surface area contributed by atoms with Crippen molar-refractivity contribution < 1.29 is 28.0 Å². The van der Waals surface area contributed by atoms with Crippen molar-refractivity contribution >= 4 is 11.9 Å². The summed E-state index contributed by atoms with van der Waals surface area (Å²) in [5, 5.41) is 0. The molecule has 2 saturated heterocycles. The largest absolute Gasteiger partial charge is 0.461 e. The summed E-state index contributed by atoms with van der Waals surface area (Å²) in [5.41, 5.74) is 0.308. The van der Waals surface area contributed by atoms with E-state index >= 15 is 0 Å². The molecule has 2 heterocycles. The lowest BCUT2D eigenvalue weighted by molar-refractivity contribution is -0.894. The highest BCUT2D eigenvalue weighted by Crippen LogP contribution is 2.67. The second-order valence-corrected chi connectivity index (χ2v) is 17.5. The maximum atomic E-state index is 12.5. The predicted octanol–water partition coefficient (Wildman–Crippen LogP) is 3.63. The van der Waals surface area contributed by atoms with Gasteiger partial charge in [-0.25, -0.2) is 0 Å². The number of esters is 2. The SMILES string of the molecule is CC(=O)OC1CC2CC[C@@H]3C(CC[C@@]4(C)C3C[C@H](N3CC[N+](C)(C)CC3)[C@@H]4OC(C)=O)[C@@]2(C)C[C@@H]1N1CC[N+](C)(C)CC1. The summed E-state index contributed by atoms with van der Waals surface area (Å²) >= 11 is 0. The Morgan fingerprint density at radius 2 is 1.26 bits per heavy atom. The van der Waals surface area contributed by atoms with Crippen LogP contribution in [0.1, 0.15) is 72.6 Å². The fraction of sp³-hybridized carbons (Fsp3) is 0.943. The Kier molecular flexibility index (Phi) is 8.30. The second kappa shape index (κ2) is 11.2. The predicted molar refractivity (Wildman–Crippen MR) is 168 cm³/mol. The van der Waals surface area contributed by atoms with Crippen LogP contribution in [0.3, 0.4) is 0 Å². The van der Waals surface area contributed by atoms with E-state index in [2.05, 4.69) is 51.8 Å². The molecule has 0 aromatic heterocycles. The molecule has 0 bridgehead atoms. The van der Waals surface area contributed by atoms with Crippen molar-refractivity contribution in [1.29, 1.82) is 0 Å². The van der Waals surface area contributed by atoms with Gasteiger partial charge >= 0.3 is 11.9 Å². The summed E-state index contributed by atoms with van der Waals surface area (Å²) in [4.78, 5) is 30.2. The van der Waals surface area contributed by atoms with Crippen molar-refractivity contribution in [3.63, 3.8) is 0 Å². The Hall–Kier alpha value is -1.22. The lowest BCUT2D eigenvalue weighted by Crippen LogP contribution is -2.64. The topological polar surface area (TPSA) is 59.1 Å². The van der Waals surface area contributed by atoms with E-state index in [4.69, 9.17) is 9.47 Å². The molecular weight excluding hydrogens is 540 g/mol. The molecule has 8 nitrogen and oxygen atoms in total. The molecule has 0 radical (unpaired) electrons. The second-order valence-electron chi connectivity index (χ2n) is 17.5. The fourth-order valence-electron chi connectivity index (χ4n) is 11.4. The molecule has 0 N–H and O–H groups in total. The number of quaternary nitrogens is 2. The molecule has 4 saturated carbocycles. The number of hydrogen-bond acceptors (Lipinski definition) is 6. The average Bonchev–Trinajstić information content (AvgIpc) is 3.20. The van der Waals surface area contributed by atoms with E-state index in [9.17, 15) is 9.59 Å². The highest BCUT2D eigenvalue weighted by molar-refractivity contribution is 5.66. The third kappa shape index (κ3) is 5.81. The van der Waals surface area contributed by atoms with Crippen LogP contribution in [-0.4, -0.2) is 136 Å². The van der Waals surface area contributed by atoms with Gasteiger partial charge in [0.15, 0.2) is 0 Å². The molecule has 4 unspecified atom stereocenters. The maximum absolute atomic E-state index is 12.5. The van der Waals surface area contributed by atoms with E-state index in [-0.39, 0.29) is 35.0 Å².